The van der Waals surface area contributed by atoms with Crippen LogP contribution in [0.15, 0.2) is 79.5 Å². The van der Waals surface area contributed by atoms with E-state index in [0.29, 0.717) is 51.2 Å². The Morgan fingerprint density at radius 2 is 1.13 bits per heavy atom. The molecule has 0 aliphatic heterocycles. The molecule has 7 aromatic rings. The molecular formula is C61H76F2N16O4. The summed E-state index contributed by atoms with van der Waals surface area (Å²) in [4.78, 5) is 37.6. The van der Waals surface area contributed by atoms with E-state index >= 15 is 0 Å². The van der Waals surface area contributed by atoms with Gasteiger partial charge in [-0.2, -0.15) is 20.7 Å². The number of rotatable bonds is 18. The molecule has 0 aromatic carbocycles. The van der Waals surface area contributed by atoms with Crippen molar-refractivity contribution in [3.05, 3.63) is 107 Å². The lowest BCUT2D eigenvalue weighted by Gasteiger charge is -2.29. The molecule has 0 radical (unpaired) electrons. The van der Waals surface area contributed by atoms with Crippen LogP contribution in [0, 0.1) is 40.9 Å². The van der Waals surface area contributed by atoms with Crippen molar-refractivity contribution < 1.29 is 28.6 Å². The van der Waals surface area contributed by atoms with Crippen molar-refractivity contribution >= 4 is 34.2 Å². The fourth-order valence-corrected chi connectivity index (χ4v) is 9.96. The van der Waals surface area contributed by atoms with Gasteiger partial charge < -0.3 is 36.4 Å². The zero-order valence-corrected chi connectivity index (χ0v) is 48.6. The predicted molar refractivity (Wildman–Crippen MR) is 315 cm³/mol. The van der Waals surface area contributed by atoms with Crippen LogP contribution in [0.3, 0.4) is 0 Å². The van der Waals surface area contributed by atoms with Crippen LogP contribution in [0.25, 0.3) is 33.8 Å². The van der Waals surface area contributed by atoms with Crippen molar-refractivity contribution in [2.24, 2.45) is 13.0 Å². The first-order chi connectivity index (χ1) is 39.7. The van der Waals surface area contributed by atoms with E-state index in [9.17, 15) is 33.8 Å². The number of aromatic nitrogens is 9. The van der Waals surface area contributed by atoms with E-state index in [0.717, 1.165) is 68.1 Å². The highest BCUT2D eigenvalue weighted by Crippen LogP contribution is 2.35. The quantitative estimate of drug-likeness (QED) is 0.0440. The molecule has 0 saturated heterocycles. The molecule has 2 fully saturated rings. The van der Waals surface area contributed by atoms with Crippen LogP contribution in [-0.2, 0) is 7.05 Å². The number of carbonyl (C=O) groups excluding carboxylic acids is 2. The molecule has 22 heteroatoms. The van der Waals surface area contributed by atoms with Gasteiger partial charge in [-0.05, 0) is 147 Å². The van der Waals surface area contributed by atoms with E-state index in [1.54, 1.807) is 38.0 Å². The zero-order chi connectivity index (χ0) is 60.0. The first-order valence-electron chi connectivity index (χ1n) is 28.3. The Labute approximate surface area is 483 Å². The van der Waals surface area contributed by atoms with Crippen molar-refractivity contribution in [2.45, 2.75) is 141 Å². The van der Waals surface area contributed by atoms with Crippen molar-refractivity contribution in [2.75, 3.05) is 43.4 Å². The zero-order valence-electron chi connectivity index (χ0n) is 48.6. The van der Waals surface area contributed by atoms with Gasteiger partial charge in [0.05, 0.1) is 110 Å². The van der Waals surface area contributed by atoms with Crippen LogP contribution in [-0.4, -0.2) is 139 Å². The van der Waals surface area contributed by atoms with Crippen LogP contribution >= 0.6 is 0 Å². The van der Waals surface area contributed by atoms with Crippen LogP contribution in [0.4, 0.5) is 20.2 Å². The summed E-state index contributed by atoms with van der Waals surface area (Å²) in [6.45, 7) is 14.9. The van der Waals surface area contributed by atoms with E-state index in [4.69, 9.17) is 11.7 Å². The number of halogens is 2. The molecule has 7 heterocycles. The van der Waals surface area contributed by atoms with Crippen molar-refractivity contribution in [3.8, 4) is 47.3 Å². The maximum absolute atomic E-state index is 14.4. The lowest BCUT2D eigenvalue weighted by Crippen LogP contribution is -2.42. The van der Waals surface area contributed by atoms with Gasteiger partial charge in [0.1, 0.15) is 24.5 Å². The number of alkyl halides is 2. The lowest BCUT2D eigenvalue weighted by molar-refractivity contribution is -0.00209. The van der Waals surface area contributed by atoms with Crippen molar-refractivity contribution in [1.82, 2.24) is 59.7 Å². The molecule has 7 aromatic heterocycles. The molecule has 438 valence electrons. The van der Waals surface area contributed by atoms with Crippen molar-refractivity contribution in [3.63, 3.8) is 0 Å². The molecule has 6 N–H and O–H groups in total. The van der Waals surface area contributed by atoms with E-state index in [-0.39, 0.29) is 42.2 Å². The van der Waals surface area contributed by atoms with E-state index in [1.165, 1.54) is 72.1 Å². The molecule has 20 nitrogen and oxygen atoms in total. The maximum Gasteiger partial charge on any atom is 0.255 e. The summed E-state index contributed by atoms with van der Waals surface area (Å²) >= 11 is 0. The maximum atomic E-state index is 14.4. The largest absolute Gasteiger partial charge is 0.387 e. The van der Waals surface area contributed by atoms with Gasteiger partial charge in [-0.1, -0.05) is 26.0 Å². The summed E-state index contributed by atoms with van der Waals surface area (Å²) in [5.74, 6) is 2.44. The fourth-order valence-electron chi connectivity index (χ4n) is 9.96. The molecule has 2 amide bonds. The minimum Gasteiger partial charge on any atom is -0.387 e. The molecule has 0 unspecified atom stereocenters. The SMILES string of the molecule is C#CC1CCC(Nc2cc(-c3ccc4cc(C#N)cnn34)ncc2C(=O)NC[C@@H](F)C(C)(C)O)CC1.CCN(CC)CC.Cn1cc(C2CCC(Nc3cc(-c4ccc5cc(C#N)cnn45)ncc3C(=O)NC[C@@H](F)C(C)(C)O)CC2)nn1. The molecular weight excluding hydrogens is 1060 g/mol. The normalized spacial score (nSPS) is 17.8. The van der Waals surface area contributed by atoms with Gasteiger partial charge in [-0.15, -0.1) is 17.4 Å². The topological polar surface area (TPSA) is 265 Å². The van der Waals surface area contributed by atoms with Gasteiger partial charge >= 0.3 is 0 Å². The minimum absolute atomic E-state index is 0.111. The molecule has 0 bridgehead atoms. The van der Waals surface area contributed by atoms with Crippen LogP contribution in [0.1, 0.15) is 143 Å². The second-order valence-electron chi connectivity index (χ2n) is 22.2. The molecule has 83 heavy (non-hydrogen) atoms. The summed E-state index contributed by atoms with van der Waals surface area (Å²) in [7, 11) is 1.86. The second-order valence-corrected chi connectivity index (χ2v) is 22.2. The molecule has 0 spiro atoms. The highest BCUT2D eigenvalue weighted by molar-refractivity contribution is 6.00. The number of anilines is 2. The number of terminal acetylenes is 1. The highest BCUT2D eigenvalue weighted by Gasteiger charge is 2.31. The van der Waals surface area contributed by atoms with Gasteiger partial charge in [0, 0.05) is 49.6 Å². The Morgan fingerprint density at radius 1 is 0.699 bits per heavy atom. The Kier molecular flexibility index (Phi) is 21.1. The molecule has 2 aliphatic rings. The van der Waals surface area contributed by atoms with E-state index in [2.05, 4.69) is 95.5 Å². The van der Waals surface area contributed by atoms with Gasteiger partial charge in [0.2, 0.25) is 0 Å². The summed E-state index contributed by atoms with van der Waals surface area (Å²) < 4.78 is 33.7. The second kappa shape index (κ2) is 28.1. The van der Waals surface area contributed by atoms with Crippen molar-refractivity contribution in [1.29, 1.82) is 10.5 Å². The van der Waals surface area contributed by atoms with E-state index < -0.39 is 35.4 Å². The lowest BCUT2D eigenvalue weighted by atomic mass is 9.84. The summed E-state index contributed by atoms with van der Waals surface area (Å²) in [5.41, 5.74) is 4.53. The van der Waals surface area contributed by atoms with Gasteiger partial charge in [0.25, 0.3) is 11.8 Å². The van der Waals surface area contributed by atoms with Crippen LogP contribution in [0.5, 0.6) is 0 Å². The molecule has 9 rings (SSSR count). The average molecular weight is 1140 g/mol. The number of amides is 2. The number of nitriles is 2. The average Bonchev–Trinajstić information content (AvgIpc) is 3.79. The van der Waals surface area contributed by atoms with E-state index in [1.807, 2.05) is 37.5 Å². The number of pyridine rings is 2. The fraction of sp³-hybridized carbons (Fsp3) is 0.475. The number of fused-ring (bicyclic) bond motifs is 2. The third-order valence-electron chi connectivity index (χ3n) is 15.3. The van der Waals surface area contributed by atoms with Crippen LogP contribution < -0.4 is 21.3 Å². The number of aryl methyl sites for hydroxylation is 1. The Bertz CT molecular complexity index is 3440. The molecule has 2 saturated carbocycles. The standard InChI is InChI=1S/C28H32FN9O2.C27H29FN6O2.C6H15N/c1-28(2,40)26(29)15-32-27(39)21-14-31-23(25-9-8-20-10-17(12-30)13-33-38(20)25)11-22(21)34-19-6-4-18(5-7-19)24-16-37(3)36-35-24;1-4-17-5-7-19(8-6-17)33-22-12-23(24-10-9-20-11-18(13-29)14-32-34(20)24)30-15-21(22)26(35)31-16-25(28)27(2,3)36;1-4-7(5-2)6-3/h8-11,13-14,16,18-19,26,40H,4-7,15H2,1-3H3,(H,31,34)(H,32,39);1,9-12,14-15,17,19,25,36H,5-8,16H2,2-3H3,(H,30,33)(H,31,35);4-6H2,1-3H3/t18?,19?,26-;17?,19?,25-;/m11./s1. The number of hydrogen-bond donors (Lipinski definition) is 6. The third kappa shape index (κ3) is 16.2. The molecule has 2 aliphatic carbocycles. The Balaban J connectivity index is 0.000000215. The number of hydrogen-bond acceptors (Lipinski definition) is 15. The third-order valence-corrected chi connectivity index (χ3v) is 15.3. The van der Waals surface area contributed by atoms with Gasteiger partial charge in [-0.25, -0.2) is 17.8 Å². The first-order valence-corrected chi connectivity index (χ1v) is 28.3. The minimum atomic E-state index is -1.63. The number of nitrogens with one attached hydrogen (secondary N) is 4. The number of carbonyl (C=O) groups is 2. The number of aliphatic hydroxyl groups is 2. The van der Waals surface area contributed by atoms with Gasteiger partial charge in [0.15, 0.2) is 0 Å². The summed E-state index contributed by atoms with van der Waals surface area (Å²) in [5, 5.41) is 67.3. The molecule has 2 atom stereocenters. The Hall–Kier alpha value is -8.36. The monoisotopic (exact) mass is 1130 g/mol. The van der Waals surface area contributed by atoms with Gasteiger partial charge in [-0.3, -0.25) is 24.2 Å². The van der Waals surface area contributed by atoms with Crippen LogP contribution in [0.2, 0.25) is 0 Å². The Morgan fingerprint density at radius 3 is 1.49 bits per heavy atom. The smallest absolute Gasteiger partial charge is 0.255 e. The number of nitrogens with zero attached hydrogens (tertiary/aromatic N) is 12. The summed E-state index contributed by atoms with van der Waals surface area (Å²) in [6, 6.07) is 18.9. The highest BCUT2D eigenvalue weighted by atomic mass is 19.1. The summed E-state index contributed by atoms with van der Waals surface area (Å²) in [6.07, 6.45) is 17.3. The first kappa shape index (κ1) is 62.2. The predicted octanol–water partition coefficient (Wildman–Crippen LogP) is 8.43.